The maximum atomic E-state index is 13.0. The van der Waals surface area contributed by atoms with Gasteiger partial charge in [0, 0.05) is 6.54 Å². The molecular weight excluding hydrogens is 534 g/mol. The third-order valence-electron chi connectivity index (χ3n) is 5.95. The highest BCUT2D eigenvalue weighted by molar-refractivity contribution is 7.94. The van der Waals surface area contributed by atoms with Gasteiger partial charge in [-0.25, -0.2) is 8.42 Å². The quantitative estimate of drug-likeness (QED) is 0.301. The minimum atomic E-state index is -3.89. The van der Waals surface area contributed by atoms with E-state index in [1.807, 2.05) is 62.3 Å². The molecule has 0 saturated heterocycles. The van der Waals surface area contributed by atoms with Crippen LogP contribution in [0.25, 0.3) is 10.9 Å². The summed E-state index contributed by atoms with van der Waals surface area (Å²) in [5.41, 5.74) is 2.60. The van der Waals surface area contributed by atoms with Crippen LogP contribution in [0, 0.1) is 0 Å². The van der Waals surface area contributed by atoms with Crippen molar-refractivity contribution < 1.29 is 17.9 Å². The number of methoxy groups -OCH3 is 1. The first kappa shape index (κ1) is 26.9. The Labute approximate surface area is 225 Å². The van der Waals surface area contributed by atoms with Crippen molar-refractivity contribution in [3.63, 3.8) is 0 Å². The van der Waals surface area contributed by atoms with E-state index in [1.165, 1.54) is 19.2 Å². The SMILES string of the molecule is COc1cccc2c1c(NS(=O)(=O)c1ccc(Cl)s1)nn2Cc1cccc(CNC(=O)C(C)N(C)C)c1. The number of ether oxygens (including phenoxy) is 1. The Morgan fingerprint density at radius 1 is 1.16 bits per heavy atom. The van der Waals surface area contributed by atoms with Gasteiger partial charge in [-0.2, -0.15) is 5.10 Å². The van der Waals surface area contributed by atoms with Crippen molar-refractivity contribution in [2.45, 2.75) is 30.3 Å². The molecule has 2 aromatic heterocycles. The number of nitrogens with one attached hydrogen (secondary N) is 2. The first-order valence-corrected chi connectivity index (χ1v) is 14.1. The molecule has 4 aromatic rings. The third-order valence-corrected chi connectivity index (χ3v) is 9.01. The number of fused-ring (bicyclic) bond motifs is 1. The summed E-state index contributed by atoms with van der Waals surface area (Å²) >= 11 is 6.92. The van der Waals surface area contributed by atoms with Crippen LogP contribution < -0.4 is 14.8 Å². The molecule has 0 aliphatic carbocycles. The lowest BCUT2D eigenvalue weighted by Crippen LogP contribution is -2.41. The molecule has 0 fully saturated rings. The molecule has 37 heavy (non-hydrogen) atoms. The summed E-state index contributed by atoms with van der Waals surface area (Å²) in [4.78, 5) is 14.2. The number of hydrogen-bond donors (Lipinski definition) is 2. The number of nitrogens with zero attached hydrogens (tertiary/aromatic N) is 3. The Balaban J connectivity index is 1.62. The van der Waals surface area contributed by atoms with E-state index in [9.17, 15) is 13.2 Å². The largest absolute Gasteiger partial charge is 0.496 e. The average Bonchev–Trinajstić information content (AvgIpc) is 3.46. The van der Waals surface area contributed by atoms with E-state index >= 15 is 0 Å². The Hall–Kier alpha value is -3.12. The molecule has 0 saturated carbocycles. The molecule has 9 nitrogen and oxygen atoms in total. The predicted molar refractivity (Wildman–Crippen MR) is 147 cm³/mol. The third kappa shape index (κ3) is 6.07. The molecule has 1 amide bonds. The van der Waals surface area contributed by atoms with E-state index in [2.05, 4.69) is 15.1 Å². The van der Waals surface area contributed by atoms with E-state index < -0.39 is 10.0 Å². The molecule has 1 unspecified atom stereocenters. The second kappa shape index (κ2) is 11.1. The molecule has 4 rings (SSSR count). The molecule has 0 spiro atoms. The minimum Gasteiger partial charge on any atom is -0.496 e. The molecule has 1 atom stereocenters. The number of thiophene rings is 1. The van der Waals surface area contributed by atoms with Crippen LogP contribution in [0.5, 0.6) is 5.75 Å². The highest BCUT2D eigenvalue weighted by Gasteiger charge is 2.23. The van der Waals surface area contributed by atoms with Crippen LogP contribution >= 0.6 is 22.9 Å². The van der Waals surface area contributed by atoms with Crippen LogP contribution in [-0.4, -0.2) is 56.3 Å². The molecular formula is C25H28ClN5O4S2. The zero-order valence-corrected chi connectivity index (χ0v) is 23.2. The van der Waals surface area contributed by atoms with Gasteiger partial charge in [-0.1, -0.05) is 41.9 Å². The lowest BCUT2D eigenvalue weighted by Gasteiger charge is -2.19. The summed E-state index contributed by atoms with van der Waals surface area (Å²) in [5, 5.41) is 8.11. The number of carbonyl (C=O) groups excluding carboxylic acids is 1. The van der Waals surface area contributed by atoms with Gasteiger partial charge in [0.05, 0.1) is 34.9 Å². The van der Waals surface area contributed by atoms with Crippen molar-refractivity contribution in [2.24, 2.45) is 0 Å². The first-order chi connectivity index (χ1) is 17.6. The fourth-order valence-electron chi connectivity index (χ4n) is 3.76. The lowest BCUT2D eigenvalue weighted by molar-refractivity contribution is -0.125. The highest BCUT2D eigenvalue weighted by atomic mass is 35.5. The van der Waals surface area contributed by atoms with Crippen LogP contribution in [0.15, 0.2) is 58.8 Å². The average molecular weight is 562 g/mol. The Kier molecular flexibility index (Phi) is 8.08. The summed E-state index contributed by atoms with van der Waals surface area (Å²) in [6.07, 6.45) is 0. The molecule has 2 N–H and O–H groups in total. The number of likely N-dealkylation sites (N-methyl/N-ethyl adjacent to an activating group) is 1. The van der Waals surface area contributed by atoms with Crippen LogP contribution in [0.2, 0.25) is 4.34 Å². The molecule has 0 radical (unpaired) electrons. The summed E-state index contributed by atoms with van der Waals surface area (Å²) in [6.45, 7) is 2.63. The summed E-state index contributed by atoms with van der Waals surface area (Å²) in [6, 6.07) is 16.0. The first-order valence-electron chi connectivity index (χ1n) is 11.4. The van der Waals surface area contributed by atoms with Crippen molar-refractivity contribution in [2.75, 3.05) is 25.9 Å². The zero-order chi connectivity index (χ0) is 26.7. The lowest BCUT2D eigenvalue weighted by atomic mass is 10.1. The van der Waals surface area contributed by atoms with Crippen LogP contribution in [0.4, 0.5) is 5.82 Å². The summed E-state index contributed by atoms with van der Waals surface area (Å²) in [7, 11) is 1.35. The van der Waals surface area contributed by atoms with Gasteiger partial charge >= 0.3 is 0 Å². The van der Waals surface area contributed by atoms with Gasteiger partial charge < -0.3 is 10.1 Å². The molecule has 0 aliphatic heterocycles. The number of sulfonamides is 1. The van der Waals surface area contributed by atoms with Crippen molar-refractivity contribution in [3.8, 4) is 5.75 Å². The Bertz CT molecular complexity index is 1530. The second-order valence-corrected chi connectivity index (χ2v) is 12.3. The fourth-order valence-corrected chi connectivity index (χ4v) is 6.25. The van der Waals surface area contributed by atoms with E-state index in [0.29, 0.717) is 34.1 Å². The molecule has 2 aromatic carbocycles. The van der Waals surface area contributed by atoms with Gasteiger partial charge in [-0.3, -0.25) is 19.1 Å². The van der Waals surface area contributed by atoms with Crippen molar-refractivity contribution in [3.05, 3.63) is 70.1 Å². The smallest absolute Gasteiger partial charge is 0.272 e. The summed E-state index contributed by atoms with van der Waals surface area (Å²) < 4.78 is 36.3. The number of carbonyl (C=O) groups is 1. The van der Waals surface area contributed by atoms with E-state index in [0.717, 1.165) is 22.5 Å². The van der Waals surface area contributed by atoms with Crippen molar-refractivity contribution in [1.29, 1.82) is 0 Å². The normalized spacial score (nSPS) is 12.6. The maximum absolute atomic E-state index is 13.0. The van der Waals surface area contributed by atoms with Crippen LogP contribution in [-0.2, 0) is 27.9 Å². The number of benzene rings is 2. The van der Waals surface area contributed by atoms with E-state index in [-0.39, 0.29) is 22.0 Å². The monoisotopic (exact) mass is 561 g/mol. The second-order valence-electron chi connectivity index (χ2n) is 8.70. The van der Waals surface area contributed by atoms with Crippen LogP contribution in [0.1, 0.15) is 18.1 Å². The Morgan fingerprint density at radius 3 is 2.57 bits per heavy atom. The van der Waals surface area contributed by atoms with Crippen molar-refractivity contribution in [1.82, 2.24) is 20.0 Å². The number of amides is 1. The molecule has 0 aliphatic rings. The predicted octanol–water partition coefficient (Wildman–Crippen LogP) is 4.18. The van der Waals surface area contributed by atoms with Gasteiger partial charge in [0.1, 0.15) is 9.96 Å². The van der Waals surface area contributed by atoms with Gasteiger partial charge in [-0.05, 0) is 56.4 Å². The molecule has 196 valence electrons. The number of aromatic nitrogens is 2. The fraction of sp³-hybridized carbons (Fsp3) is 0.280. The van der Waals surface area contributed by atoms with Gasteiger partial charge in [0.2, 0.25) is 5.91 Å². The topological polar surface area (TPSA) is 106 Å². The number of rotatable bonds is 10. The van der Waals surface area contributed by atoms with Crippen molar-refractivity contribution >= 4 is 55.6 Å². The molecule has 2 heterocycles. The standard InChI is InChI=1S/C25H28ClN5O4S2/c1-16(30(2)3)25(32)27-14-17-7-5-8-18(13-17)15-31-19-9-6-10-20(35-4)23(19)24(28-31)29-37(33,34)22-12-11-21(26)36-22/h5-13,16H,14-15H2,1-4H3,(H,27,32)(H,28,29). The summed E-state index contributed by atoms with van der Waals surface area (Å²) in [5.74, 6) is 0.611. The van der Waals surface area contributed by atoms with Gasteiger partial charge in [0.25, 0.3) is 10.0 Å². The molecule has 0 bridgehead atoms. The molecule has 12 heteroatoms. The maximum Gasteiger partial charge on any atom is 0.272 e. The van der Waals surface area contributed by atoms with E-state index in [4.69, 9.17) is 16.3 Å². The van der Waals surface area contributed by atoms with Crippen LogP contribution in [0.3, 0.4) is 0 Å². The number of hydrogen-bond acceptors (Lipinski definition) is 7. The number of halogens is 1. The highest BCUT2D eigenvalue weighted by Crippen LogP contribution is 2.35. The van der Waals surface area contributed by atoms with E-state index in [1.54, 1.807) is 10.7 Å². The Morgan fingerprint density at radius 2 is 1.89 bits per heavy atom. The number of anilines is 1. The van der Waals surface area contributed by atoms with Gasteiger partial charge in [0.15, 0.2) is 5.82 Å². The minimum absolute atomic E-state index is 0.0514. The van der Waals surface area contributed by atoms with Gasteiger partial charge in [-0.15, -0.1) is 11.3 Å². The zero-order valence-electron chi connectivity index (χ0n) is 20.9.